The van der Waals surface area contributed by atoms with Gasteiger partial charge in [0.15, 0.2) is 0 Å². The normalized spacial score (nSPS) is 10.2. The summed E-state index contributed by atoms with van der Waals surface area (Å²) in [6, 6.07) is 5.70. The maximum atomic E-state index is 10.6. The molecular weight excluding hydrogens is 337 g/mol. The topological polar surface area (TPSA) is 91.3 Å². The summed E-state index contributed by atoms with van der Waals surface area (Å²) in [5.41, 5.74) is 5.41. The Labute approximate surface area is 121 Å². The Bertz CT molecular complexity index is 651. The van der Waals surface area contributed by atoms with Crippen molar-refractivity contribution >= 4 is 38.9 Å². The second kappa shape index (κ2) is 5.41. The van der Waals surface area contributed by atoms with Gasteiger partial charge in [-0.15, -0.1) is 0 Å². The number of hydrogen-bond donors (Lipinski definition) is 1. The third kappa shape index (κ3) is 3.12. The maximum Gasteiger partial charge on any atom is 0.292 e. The molecule has 0 spiro atoms. The standard InChI is InChI=1S/C11H7BrClN3O3/c12-8-3-6(13)5-15-11(8)19-7-1-2-10(16(17)18)9(14)4-7/h1-5H,14H2. The highest BCUT2D eigenvalue weighted by Crippen LogP contribution is 2.32. The maximum absolute atomic E-state index is 10.6. The number of nitrogen functional groups attached to an aromatic ring is 1. The molecule has 2 aromatic rings. The van der Waals surface area contributed by atoms with Crippen LogP contribution in [0.25, 0.3) is 0 Å². The van der Waals surface area contributed by atoms with E-state index in [2.05, 4.69) is 20.9 Å². The molecular formula is C11H7BrClN3O3. The van der Waals surface area contributed by atoms with Gasteiger partial charge in [0.25, 0.3) is 5.69 Å². The molecule has 1 aromatic heterocycles. The minimum atomic E-state index is -0.560. The van der Waals surface area contributed by atoms with E-state index in [-0.39, 0.29) is 17.3 Å². The van der Waals surface area contributed by atoms with Crippen LogP contribution in [0.1, 0.15) is 0 Å². The summed E-state index contributed by atoms with van der Waals surface area (Å²) >= 11 is 9.01. The molecule has 2 rings (SSSR count). The monoisotopic (exact) mass is 343 g/mol. The van der Waals surface area contributed by atoms with Gasteiger partial charge in [-0.2, -0.15) is 0 Å². The number of halogens is 2. The van der Waals surface area contributed by atoms with E-state index in [1.165, 1.54) is 24.4 Å². The smallest absolute Gasteiger partial charge is 0.292 e. The number of nitrogens with zero attached hydrogens (tertiary/aromatic N) is 2. The number of nitro groups is 1. The number of hydrogen-bond acceptors (Lipinski definition) is 5. The Kier molecular flexibility index (Phi) is 3.87. The zero-order valence-corrected chi connectivity index (χ0v) is 11.7. The Hall–Kier alpha value is -1.86. The van der Waals surface area contributed by atoms with Crippen molar-refractivity contribution in [1.29, 1.82) is 0 Å². The van der Waals surface area contributed by atoms with Gasteiger partial charge in [-0.3, -0.25) is 10.1 Å². The first kappa shape index (κ1) is 13.6. The first-order valence-electron chi connectivity index (χ1n) is 5.00. The fraction of sp³-hybridized carbons (Fsp3) is 0. The van der Waals surface area contributed by atoms with Gasteiger partial charge in [0.1, 0.15) is 11.4 Å². The van der Waals surface area contributed by atoms with Gasteiger partial charge >= 0.3 is 0 Å². The highest BCUT2D eigenvalue weighted by atomic mass is 79.9. The summed E-state index contributed by atoms with van der Waals surface area (Å²) in [4.78, 5) is 14.1. The van der Waals surface area contributed by atoms with E-state index < -0.39 is 4.92 Å². The molecule has 0 amide bonds. The van der Waals surface area contributed by atoms with Gasteiger partial charge in [0, 0.05) is 18.3 Å². The molecule has 19 heavy (non-hydrogen) atoms. The van der Waals surface area contributed by atoms with Crippen LogP contribution in [0, 0.1) is 10.1 Å². The Morgan fingerprint density at radius 2 is 2.16 bits per heavy atom. The zero-order valence-electron chi connectivity index (χ0n) is 9.34. The highest BCUT2D eigenvalue weighted by molar-refractivity contribution is 9.10. The minimum absolute atomic E-state index is 0.0209. The molecule has 0 radical (unpaired) electrons. The number of nitro benzene ring substituents is 1. The number of pyridine rings is 1. The van der Waals surface area contributed by atoms with Crippen molar-refractivity contribution in [3.8, 4) is 11.6 Å². The Balaban J connectivity index is 2.29. The van der Waals surface area contributed by atoms with E-state index in [1.807, 2.05) is 0 Å². The van der Waals surface area contributed by atoms with Gasteiger partial charge in [0.2, 0.25) is 5.88 Å². The fourth-order valence-electron chi connectivity index (χ4n) is 1.35. The highest BCUT2D eigenvalue weighted by Gasteiger charge is 2.13. The Morgan fingerprint density at radius 1 is 1.42 bits per heavy atom. The molecule has 98 valence electrons. The average Bonchev–Trinajstić information content (AvgIpc) is 2.32. The van der Waals surface area contributed by atoms with Crippen molar-refractivity contribution in [3.05, 3.63) is 50.1 Å². The van der Waals surface area contributed by atoms with E-state index in [0.29, 0.717) is 15.2 Å². The molecule has 0 saturated heterocycles. The Morgan fingerprint density at radius 3 is 2.74 bits per heavy atom. The van der Waals surface area contributed by atoms with Crippen molar-refractivity contribution in [2.45, 2.75) is 0 Å². The van der Waals surface area contributed by atoms with Crippen LogP contribution in [0.2, 0.25) is 5.02 Å². The van der Waals surface area contributed by atoms with Crippen molar-refractivity contribution < 1.29 is 9.66 Å². The van der Waals surface area contributed by atoms with E-state index in [9.17, 15) is 10.1 Å². The number of ether oxygens (including phenoxy) is 1. The van der Waals surface area contributed by atoms with Crippen molar-refractivity contribution in [3.63, 3.8) is 0 Å². The van der Waals surface area contributed by atoms with Crippen LogP contribution in [0.5, 0.6) is 11.6 Å². The molecule has 8 heteroatoms. The van der Waals surface area contributed by atoms with Gasteiger partial charge in [-0.25, -0.2) is 4.98 Å². The molecule has 0 aliphatic carbocycles. The third-order valence-electron chi connectivity index (χ3n) is 2.18. The lowest BCUT2D eigenvalue weighted by Crippen LogP contribution is -1.96. The van der Waals surface area contributed by atoms with Crippen LogP contribution < -0.4 is 10.5 Å². The fourth-order valence-corrected chi connectivity index (χ4v) is 2.07. The first-order chi connectivity index (χ1) is 8.97. The lowest BCUT2D eigenvalue weighted by molar-refractivity contribution is -0.383. The molecule has 0 fully saturated rings. The van der Waals surface area contributed by atoms with Crippen LogP contribution in [0.3, 0.4) is 0 Å². The quantitative estimate of drug-likeness (QED) is 0.520. The van der Waals surface area contributed by atoms with Gasteiger partial charge < -0.3 is 10.5 Å². The second-order valence-corrected chi connectivity index (χ2v) is 4.81. The summed E-state index contributed by atoms with van der Waals surface area (Å²) in [6.45, 7) is 0. The number of anilines is 1. The number of aromatic nitrogens is 1. The lowest BCUT2D eigenvalue weighted by atomic mass is 10.2. The van der Waals surface area contributed by atoms with Crippen LogP contribution in [-0.4, -0.2) is 9.91 Å². The molecule has 0 aliphatic heterocycles. The number of nitrogens with two attached hydrogens (primary N) is 1. The zero-order chi connectivity index (χ0) is 14.0. The summed E-state index contributed by atoms with van der Waals surface area (Å²) < 4.78 is 6.03. The largest absolute Gasteiger partial charge is 0.438 e. The summed E-state index contributed by atoms with van der Waals surface area (Å²) in [6.07, 6.45) is 1.43. The second-order valence-electron chi connectivity index (χ2n) is 3.52. The molecule has 1 aromatic carbocycles. The van der Waals surface area contributed by atoms with Gasteiger partial charge in [-0.1, -0.05) is 11.6 Å². The minimum Gasteiger partial charge on any atom is -0.438 e. The molecule has 6 nitrogen and oxygen atoms in total. The van der Waals surface area contributed by atoms with E-state index in [1.54, 1.807) is 6.07 Å². The van der Waals surface area contributed by atoms with Crippen LogP contribution >= 0.6 is 27.5 Å². The average molecular weight is 345 g/mol. The first-order valence-corrected chi connectivity index (χ1v) is 6.17. The SMILES string of the molecule is Nc1cc(Oc2ncc(Cl)cc2Br)ccc1[N+](=O)[O-]. The lowest BCUT2D eigenvalue weighted by Gasteiger charge is -2.07. The molecule has 1 heterocycles. The summed E-state index contributed by atoms with van der Waals surface area (Å²) in [7, 11) is 0. The molecule has 0 aliphatic rings. The van der Waals surface area contributed by atoms with E-state index in [0.717, 1.165) is 0 Å². The number of benzene rings is 1. The van der Waals surface area contributed by atoms with Crippen LogP contribution in [0.4, 0.5) is 11.4 Å². The van der Waals surface area contributed by atoms with Gasteiger partial charge in [0.05, 0.1) is 14.4 Å². The van der Waals surface area contributed by atoms with Crippen molar-refractivity contribution in [2.75, 3.05) is 5.73 Å². The van der Waals surface area contributed by atoms with Crippen molar-refractivity contribution in [1.82, 2.24) is 4.98 Å². The predicted octanol–water partition coefficient (Wildman–Crippen LogP) is 3.78. The van der Waals surface area contributed by atoms with E-state index >= 15 is 0 Å². The van der Waals surface area contributed by atoms with Crippen molar-refractivity contribution in [2.24, 2.45) is 0 Å². The summed E-state index contributed by atoms with van der Waals surface area (Å²) in [5.74, 6) is 0.635. The molecule has 0 atom stereocenters. The van der Waals surface area contributed by atoms with E-state index in [4.69, 9.17) is 22.1 Å². The molecule has 0 unspecified atom stereocenters. The molecule has 0 bridgehead atoms. The van der Waals surface area contributed by atoms with Crippen LogP contribution in [0.15, 0.2) is 34.9 Å². The predicted molar refractivity (Wildman–Crippen MR) is 74.5 cm³/mol. The summed E-state index contributed by atoms with van der Waals surface area (Å²) in [5, 5.41) is 11.1. The van der Waals surface area contributed by atoms with Crippen LogP contribution in [-0.2, 0) is 0 Å². The molecule has 2 N–H and O–H groups in total. The van der Waals surface area contributed by atoms with Gasteiger partial charge in [-0.05, 0) is 28.1 Å². The number of rotatable bonds is 3. The third-order valence-corrected chi connectivity index (χ3v) is 2.96. The molecule has 0 saturated carbocycles.